The van der Waals surface area contributed by atoms with Gasteiger partial charge in [-0.05, 0) is 18.7 Å². The number of benzene rings is 1. The Kier molecular flexibility index (Phi) is 9.79. The Bertz CT molecular complexity index is 481. The number of nitrogens with two attached hydrogens (primary N) is 2. The molecule has 0 aliphatic rings. The molecule has 1 aromatic carbocycles. The summed E-state index contributed by atoms with van der Waals surface area (Å²) >= 11 is 0. The van der Waals surface area contributed by atoms with Crippen LogP contribution in [0.25, 0.3) is 0 Å². The van der Waals surface area contributed by atoms with Crippen molar-refractivity contribution in [2.75, 3.05) is 26.5 Å². The van der Waals surface area contributed by atoms with E-state index in [1.165, 1.54) is 26.4 Å². The van der Waals surface area contributed by atoms with Gasteiger partial charge in [-0.2, -0.15) is 0 Å². The Labute approximate surface area is 129 Å². The van der Waals surface area contributed by atoms with Crippen molar-refractivity contribution < 1.29 is 19.1 Å². The normalized spacial score (nSPS) is 8.95. The predicted octanol–water partition coefficient (Wildman–Crippen LogP) is 1.44. The van der Waals surface area contributed by atoms with Gasteiger partial charge in [0.25, 0.3) is 0 Å². The second-order valence-electron chi connectivity index (χ2n) is 3.59. The molecule has 1 rings (SSSR count). The fraction of sp³-hybridized carbons (Fsp3) is 0.333. The van der Waals surface area contributed by atoms with Gasteiger partial charge >= 0.3 is 5.97 Å². The highest BCUT2D eigenvalue weighted by Crippen LogP contribution is 2.26. The first-order valence-electron chi connectivity index (χ1n) is 5.34. The summed E-state index contributed by atoms with van der Waals surface area (Å²) in [7, 11) is 2.65. The van der Waals surface area contributed by atoms with Gasteiger partial charge in [0.1, 0.15) is 11.3 Å². The molecule has 8 heteroatoms. The van der Waals surface area contributed by atoms with E-state index < -0.39 is 5.97 Å². The zero-order valence-corrected chi connectivity index (χ0v) is 12.8. The largest absolute Gasteiger partial charge is 0.496 e. The summed E-state index contributed by atoms with van der Waals surface area (Å²) in [6.07, 6.45) is 0.185. The lowest BCUT2D eigenvalue weighted by Gasteiger charge is -2.11. The lowest BCUT2D eigenvalue weighted by atomic mass is 10.0. The van der Waals surface area contributed by atoms with Crippen LogP contribution in [0.2, 0.25) is 0 Å². The molecule has 1 aromatic rings. The molecule has 6 nitrogen and oxygen atoms in total. The van der Waals surface area contributed by atoms with Gasteiger partial charge in [-0.3, -0.25) is 4.79 Å². The summed E-state index contributed by atoms with van der Waals surface area (Å²) in [5, 5.41) is 0. The van der Waals surface area contributed by atoms with Crippen molar-refractivity contribution in [2.24, 2.45) is 5.73 Å². The van der Waals surface area contributed by atoms with Crippen LogP contribution in [0.15, 0.2) is 12.1 Å². The third-order valence-corrected chi connectivity index (χ3v) is 2.45. The number of esters is 1. The molecule has 0 aliphatic carbocycles. The average molecular weight is 325 g/mol. The molecule has 0 aliphatic heterocycles. The molecule has 0 unspecified atom stereocenters. The minimum atomic E-state index is -0.573. The molecule has 20 heavy (non-hydrogen) atoms. The highest BCUT2D eigenvalue weighted by Gasteiger charge is 2.18. The minimum Gasteiger partial charge on any atom is -0.496 e. The van der Waals surface area contributed by atoms with Crippen molar-refractivity contribution in [3.05, 3.63) is 23.3 Å². The second kappa shape index (κ2) is 9.41. The molecule has 0 heterocycles. The van der Waals surface area contributed by atoms with Gasteiger partial charge in [0, 0.05) is 17.7 Å². The van der Waals surface area contributed by atoms with E-state index in [0.29, 0.717) is 5.56 Å². The number of carbonyl (C=O) groups is 2. The van der Waals surface area contributed by atoms with Crippen molar-refractivity contribution >= 4 is 42.3 Å². The number of carbonyl (C=O) groups excluding carboxylic acids is 2. The molecular weight excluding hydrogens is 307 g/mol. The van der Waals surface area contributed by atoms with E-state index in [2.05, 4.69) is 4.74 Å². The van der Waals surface area contributed by atoms with Gasteiger partial charge in [0.05, 0.1) is 14.2 Å². The molecule has 0 amide bonds. The summed E-state index contributed by atoms with van der Waals surface area (Å²) < 4.78 is 9.65. The van der Waals surface area contributed by atoms with Crippen LogP contribution in [0.3, 0.4) is 0 Å². The fourth-order valence-electron chi connectivity index (χ4n) is 1.54. The SMILES string of the molecule is COC(=O)c1cc(N)c(C(=O)CCN)cc1OC.Cl.Cl. The number of anilines is 1. The zero-order chi connectivity index (χ0) is 13.7. The first-order chi connectivity index (χ1) is 8.54. The number of rotatable bonds is 5. The van der Waals surface area contributed by atoms with Gasteiger partial charge in [-0.15, -0.1) is 24.8 Å². The number of methoxy groups -OCH3 is 2. The van der Waals surface area contributed by atoms with Crippen molar-refractivity contribution in [3.63, 3.8) is 0 Å². The molecule has 0 atom stereocenters. The Morgan fingerprint density at radius 3 is 2.20 bits per heavy atom. The van der Waals surface area contributed by atoms with Crippen LogP contribution in [0.1, 0.15) is 27.1 Å². The van der Waals surface area contributed by atoms with Gasteiger partial charge < -0.3 is 20.9 Å². The first-order valence-corrected chi connectivity index (χ1v) is 5.34. The van der Waals surface area contributed by atoms with Gasteiger partial charge in [0.15, 0.2) is 5.78 Å². The molecular formula is C12H18Cl2N2O4. The van der Waals surface area contributed by atoms with Crippen LogP contribution in [-0.2, 0) is 4.74 Å². The van der Waals surface area contributed by atoms with E-state index in [-0.39, 0.29) is 60.6 Å². The van der Waals surface area contributed by atoms with Crippen molar-refractivity contribution in [2.45, 2.75) is 6.42 Å². The van der Waals surface area contributed by atoms with Crippen molar-refractivity contribution in [1.82, 2.24) is 0 Å². The second-order valence-corrected chi connectivity index (χ2v) is 3.59. The van der Waals surface area contributed by atoms with E-state index in [1.807, 2.05) is 0 Å². The van der Waals surface area contributed by atoms with E-state index >= 15 is 0 Å². The molecule has 0 saturated heterocycles. The molecule has 0 spiro atoms. The van der Waals surface area contributed by atoms with E-state index in [1.54, 1.807) is 0 Å². The van der Waals surface area contributed by atoms with E-state index in [0.717, 1.165) is 0 Å². The summed E-state index contributed by atoms with van der Waals surface area (Å²) in [4.78, 5) is 23.2. The maximum Gasteiger partial charge on any atom is 0.341 e. The minimum absolute atomic E-state index is 0. The number of hydrogen-bond acceptors (Lipinski definition) is 6. The monoisotopic (exact) mass is 324 g/mol. The highest BCUT2D eigenvalue weighted by molar-refractivity contribution is 6.04. The average Bonchev–Trinajstić information content (AvgIpc) is 2.37. The predicted molar refractivity (Wildman–Crippen MR) is 81.2 cm³/mol. The topological polar surface area (TPSA) is 105 Å². The number of nitrogen functional groups attached to an aromatic ring is 1. The van der Waals surface area contributed by atoms with Crippen LogP contribution < -0.4 is 16.2 Å². The summed E-state index contributed by atoms with van der Waals surface area (Å²) in [6.45, 7) is 0.235. The first kappa shape index (κ1) is 20.8. The summed E-state index contributed by atoms with van der Waals surface area (Å²) in [6, 6.07) is 2.80. The quantitative estimate of drug-likeness (QED) is 0.482. The summed E-state index contributed by atoms with van der Waals surface area (Å²) in [5.74, 6) is -0.516. The smallest absolute Gasteiger partial charge is 0.341 e. The number of ketones is 1. The number of hydrogen-bond donors (Lipinski definition) is 2. The Morgan fingerprint density at radius 1 is 1.15 bits per heavy atom. The third-order valence-electron chi connectivity index (χ3n) is 2.45. The van der Waals surface area contributed by atoms with Crippen LogP contribution in [0.5, 0.6) is 5.75 Å². The maximum absolute atomic E-state index is 11.8. The molecule has 0 bridgehead atoms. The van der Waals surface area contributed by atoms with Gasteiger partial charge in [-0.1, -0.05) is 0 Å². The molecule has 0 saturated carbocycles. The van der Waals surface area contributed by atoms with Gasteiger partial charge in [-0.25, -0.2) is 4.79 Å². The standard InChI is InChI=1S/C12H16N2O4.2ClH/c1-17-11-6-7(10(15)3-4-13)9(14)5-8(11)12(16)18-2;;/h5-6H,3-4,13-14H2,1-2H3;2*1H. The number of ether oxygens (including phenoxy) is 2. The maximum atomic E-state index is 11.8. The van der Waals surface area contributed by atoms with E-state index in [9.17, 15) is 9.59 Å². The Balaban J connectivity index is 0. The lowest BCUT2D eigenvalue weighted by molar-refractivity contribution is 0.0596. The Morgan fingerprint density at radius 2 is 1.75 bits per heavy atom. The highest BCUT2D eigenvalue weighted by atomic mass is 35.5. The molecule has 114 valence electrons. The van der Waals surface area contributed by atoms with Crippen molar-refractivity contribution in [3.8, 4) is 5.75 Å². The molecule has 4 N–H and O–H groups in total. The van der Waals surface area contributed by atoms with Crippen LogP contribution in [-0.4, -0.2) is 32.5 Å². The van der Waals surface area contributed by atoms with Crippen LogP contribution in [0.4, 0.5) is 5.69 Å². The summed E-state index contributed by atoms with van der Waals surface area (Å²) in [5.41, 5.74) is 11.7. The Hall–Kier alpha value is -1.50. The molecule has 0 radical (unpaired) electrons. The van der Waals surface area contributed by atoms with Crippen LogP contribution in [0, 0.1) is 0 Å². The third kappa shape index (κ3) is 4.56. The molecule has 0 aromatic heterocycles. The van der Waals surface area contributed by atoms with Crippen LogP contribution >= 0.6 is 24.8 Å². The fourth-order valence-corrected chi connectivity index (χ4v) is 1.54. The zero-order valence-electron chi connectivity index (χ0n) is 11.2. The number of halogens is 2. The molecule has 0 fully saturated rings. The van der Waals surface area contributed by atoms with E-state index in [4.69, 9.17) is 16.2 Å². The van der Waals surface area contributed by atoms with Gasteiger partial charge in [0.2, 0.25) is 0 Å². The number of Topliss-reactive ketones (excluding diaryl/α,β-unsaturated/α-hetero) is 1. The van der Waals surface area contributed by atoms with Crippen molar-refractivity contribution in [1.29, 1.82) is 0 Å². The lowest BCUT2D eigenvalue weighted by Crippen LogP contribution is -2.12.